The number of sulfonamides is 1. The number of rotatable bonds is 6. The van der Waals surface area contributed by atoms with Crippen molar-refractivity contribution in [2.24, 2.45) is 5.73 Å². The minimum Gasteiger partial charge on any atom is -0.465 e. The molecule has 0 heterocycles. The highest BCUT2D eigenvalue weighted by Crippen LogP contribution is 2.12. The molecule has 1 unspecified atom stereocenters. The summed E-state index contributed by atoms with van der Waals surface area (Å²) in [5, 5.41) is 0. The first kappa shape index (κ1) is 16.5. The molecule has 0 saturated heterocycles. The SMILES string of the molecule is CCOC(=O)C(C)NS(=O)(=O)c1cccc(C(N)=S)c1. The van der Waals surface area contributed by atoms with E-state index in [4.69, 9.17) is 22.7 Å². The van der Waals surface area contributed by atoms with Gasteiger partial charge in [0.25, 0.3) is 0 Å². The van der Waals surface area contributed by atoms with E-state index in [0.717, 1.165) is 0 Å². The second-order valence-corrected chi connectivity index (χ2v) is 6.14. The molecule has 1 aromatic carbocycles. The molecule has 6 nitrogen and oxygen atoms in total. The number of nitrogens with one attached hydrogen (secondary N) is 1. The number of hydrogen-bond acceptors (Lipinski definition) is 5. The normalized spacial score (nSPS) is 12.7. The number of esters is 1. The molecule has 3 N–H and O–H groups in total. The van der Waals surface area contributed by atoms with Crippen molar-refractivity contribution in [1.29, 1.82) is 0 Å². The van der Waals surface area contributed by atoms with Gasteiger partial charge in [-0.3, -0.25) is 4.79 Å². The lowest BCUT2D eigenvalue weighted by molar-refractivity contribution is -0.144. The van der Waals surface area contributed by atoms with E-state index in [-0.39, 0.29) is 16.5 Å². The maximum absolute atomic E-state index is 12.1. The van der Waals surface area contributed by atoms with Gasteiger partial charge in [-0.15, -0.1) is 0 Å². The van der Waals surface area contributed by atoms with E-state index in [1.807, 2.05) is 0 Å². The van der Waals surface area contributed by atoms with Crippen molar-refractivity contribution in [3.8, 4) is 0 Å². The van der Waals surface area contributed by atoms with Gasteiger partial charge < -0.3 is 10.5 Å². The zero-order valence-corrected chi connectivity index (χ0v) is 12.8. The Morgan fingerprint density at radius 2 is 2.15 bits per heavy atom. The molecule has 20 heavy (non-hydrogen) atoms. The van der Waals surface area contributed by atoms with Gasteiger partial charge in [-0.05, 0) is 26.0 Å². The van der Waals surface area contributed by atoms with Crippen LogP contribution in [0, 0.1) is 0 Å². The summed E-state index contributed by atoms with van der Waals surface area (Å²) in [5.41, 5.74) is 5.89. The average Bonchev–Trinajstić information content (AvgIpc) is 2.38. The molecule has 0 aliphatic heterocycles. The van der Waals surface area contributed by atoms with Crippen molar-refractivity contribution >= 4 is 33.2 Å². The van der Waals surface area contributed by atoms with E-state index in [0.29, 0.717) is 5.56 Å². The van der Waals surface area contributed by atoms with Crippen molar-refractivity contribution in [3.05, 3.63) is 29.8 Å². The van der Waals surface area contributed by atoms with Crippen LogP contribution < -0.4 is 10.5 Å². The first-order valence-corrected chi connectivity index (χ1v) is 7.76. The van der Waals surface area contributed by atoms with Crippen LogP contribution in [0.5, 0.6) is 0 Å². The number of hydrogen-bond donors (Lipinski definition) is 2. The van der Waals surface area contributed by atoms with Gasteiger partial charge in [0.15, 0.2) is 0 Å². The maximum atomic E-state index is 12.1. The van der Waals surface area contributed by atoms with Gasteiger partial charge in [0, 0.05) is 5.56 Å². The number of ether oxygens (including phenoxy) is 1. The summed E-state index contributed by atoms with van der Waals surface area (Å²) in [6.45, 7) is 3.24. The Hall–Kier alpha value is -1.51. The van der Waals surface area contributed by atoms with Crippen molar-refractivity contribution in [2.45, 2.75) is 24.8 Å². The van der Waals surface area contributed by atoms with Gasteiger partial charge in [-0.2, -0.15) is 4.72 Å². The maximum Gasteiger partial charge on any atom is 0.323 e. The van der Waals surface area contributed by atoms with Crippen LogP contribution in [0.3, 0.4) is 0 Å². The summed E-state index contributed by atoms with van der Waals surface area (Å²) in [7, 11) is -3.84. The summed E-state index contributed by atoms with van der Waals surface area (Å²) in [5.74, 6) is -0.637. The van der Waals surface area contributed by atoms with Crippen LogP contribution in [-0.2, 0) is 19.6 Å². The van der Waals surface area contributed by atoms with Crippen LogP contribution in [0.4, 0.5) is 0 Å². The van der Waals surface area contributed by atoms with Crippen molar-refractivity contribution < 1.29 is 17.9 Å². The Balaban J connectivity index is 2.97. The molecule has 0 aliphatic rings. The monoisotopic (exact) mass is 316 g/mol. The lowest BCUT2D eigenvalue weighted by Gasteiger charge is -2.13. The number of thiocarbonyl (C=S) groups is 1. The molecule has 110 valence electrons. The molecule has 1 rings (SSSR count). The predicted octanol–water partition coefficient (Wildman–Crippen LogP) is 0.551. The Labute approximate surface area is 123 Å². The fourth-order valence-electron chi connectivity index (χ4n) is 1.43. The fraction of sp³-hybridized carbons (Fsp3) is 0.333. The lowest BCUT2D eigenvalue weighted by Crippen LogP contribution is -2.39. The predicted molar refractivity (Wildman–Crippen MR) is 78.7 cm³/mol. The van der Waals surface area contributed by atoms with Gasteiger partial charge in [-0.1, -0.05) is 24.4 Å². The Kier molecular flexibility index (Phi) is 5.61. The molecule has 0 amide bonds. The number of carbonyl (C=O) groups is 1. The Morgan fingerprint density at radius 3 is 2.70 bits per heavy atom. The molecule has 1 aromatic rings. The van der Waals surface area contributed by atoms with Crippen molar-refractivity contribution in [3.63, 3.8) is 0 Å². The van der Waals surface area contributed by atoms with Gasteiger partial charge in [0.2, 0.25) is 10.0 Å². The van der Waals surface area contributed by atoms with Crippen molar-refractivity contribution in [1.82, 2.24) is 4.72 Å². The second kappa shape index (κ2) is 6.78. The summed E-state index contributed by atoms with van der Waals surface area (Å²) in [4.78, 5) is 11.5. The summed E-state index contributed by atoms with van der Waals surface area (Å²) < 4.78 is 31.2. The molecule has 8 heteroatoms. The first-order chi connectivity index (χ1) is 9.27. The van der Waals surface area contributed by atoms with Crippen LogP contribution >= 0.6 is 12.2 Å². The highest BCUT2D eigenvalue weighted by Gasteiger charge is 2.23. The Morgan fingerprint density at radius 1 is 1.50 bits per heavy atom. The second-order valence-electron chi connectivity index (χ2n) is 3.99. The number of carbonyl (C=O) groups excluding carboxylic acids is 1. The quantitative estimate of drug-likeness (QED) is 0.587. The van der Waals surface area contributed by atoms with Crippen LogP contribution in [0.15, 0.2) is 29.2 Å². The van der Waals surface area contributed by atoms with Gasteiger partial charge in [-0.25, -0.2) is 8.42 Å². The minimum absolute atomic E-state index is 0.0149. The molecular formula is C12H16N2O4S2. The molecule has 0 fully saturated rings. The van der Waals surface area contributed by atoms with Crippen LogP contribution in [0.2, 0.25) is 0 Å². The third kappa shape index (κ3) is 4.26. The summed E-state index contributed by atoms with van der Waals surface area (Å²) >= 11 is 4.80. The zero-order chi connectivity index (χ0) is 15.3. The molecule has 0 bridgehead atoms. The van der Waals surface area contributed by atoms with Crippen LogP contribution in [-0.4, -0.2) is 32.0 Å². The molecule has 1 atom stereocenters. The smallest absolute Gasteiger partial charge is 0.323 e. The van der Waals surface area contributed by atoms with E-state index in [1.165, 1.54) is 25.1 Å². The minimum atomic E-state index is -3.84. The third-order valence-electron chi connectivity index (χ3n) is 2.40. The summed E-state index contributed by atoms with van der Waals surface area (Å²) in [6.07, 6.45) is 0. The highest BCUT2D eigenvalue weighted by molar-refractivity contribution is 7.89. The lowest BCUT2D eigenvalue weighted by atomic mass is 10.2. The largest absolute Gasteiger partial charge is 0.465 e. The topological polar surface area (TPSA) is 98.5 Å². The Bertz CT molecular complexity index is 614. The molecule has 0 aromatic heterocycles. The van der Waals surface area contributed by atoms with Gasteiger partial charge >= 0.3 is 5.97 Å². The molecular weight excluding hydrogens is 300 g/mol. The molecule has 0 aliphatic carbocycles. The zero-order valence-electron chi connectivity index (χ0n) is 11.1. The van der Waals surface area contributed by atoms with E-state index in [2.05, 4.69) is 4.72 Å². The standard InChI is InChI=1S/C12H16N2O4S2/c1-3-18-12(15)8(2)14-20(16,17)10-6-4-5-9(7-10)11(13)19/h4-8,14H,3H2,1-2H3,(H2,13,19). The van der Waals surface area contributed by atoms with Gasteiger partial charge in [0.1, 0.15) is 11.0 Å². The molecule has 0 radical (unpaired) electrons. The third-order valence-corrected chi connectivity index (χ3v) is 4.18. The van der Waals surface area contributed by atoms with Crippen LogP contribution in [0.1, 0.15) is 19.4 Å². The van der Waals surface area contributed by atoms with E-state index >= 15 is 0 Å². The highest BCUT2D eigenvalue weighted by atomic mass is 32.2. The van der Waals surface area contributed by atoms with Gasteiger partial charge in [0.05, 0.1) is 11.5 Å². The van der Waals surface area contributed by atoms with E-state index in [9.17, 15) is 13.2 Å². The average molecular weight is 316 g/mol. The van der Waals surface area contributed by atoms with Crippen molar-refractivity contribution in [2.75, 3.05) is 6.61 Å². The van der Waals surface area contributed by atoms with Crippen LogP contribution in [0.25, 0.3) is 0 Å². The van der Waals surface area contributed by atoms with E-state index < -0.39 is 22.0 Å². The first-order valence-electron chi connectivity index (χ1n) is 5.86. The fourth-order valence-corrected chi connectivity index (χ4v) is 2.80. The summed E-state index contributed by atoms with van der Waals surface area (Å²) in [6, 6.07) is 4.90. The molecule has 0 saturated carbocycles. The molecule has 0 spiro atoms. The van der Waals surface area contributed by atoms with E-state index in [1.54, 1.807) is 13.0 Å². The number of benzene rings is 1. The number of nitrogens with two attached hydrogens (primary N) is 1.